The molecule has 4 nitrogen and oxygen atoms in total. The van der Waals surface area contributed by atoms with Gasteiger partial charge in [0.2, 0.25) is 5.91 Å². The van der Waals surface area contributed by atoms with Gasteiger partial charge in [-0.1, -0.05) is 6.07 Å². The van der Waals surface area contributed by atoms with Crippen molar-refractivity contribution < 1.29 is 4.79 Å². The summed E-state index contributed by atoms with van der Waals surface area (Å²) in [6, 6.07) is 5.42. The lowest BCUT2D eigenvalue weighted by Gasteiger charge is -2.18. The number of benzene rings is 1. The van der Waals surface area contributed by atoms with Gasteiger partial charge in [0, 0.05) is 25.5 Å². The first kappa shape index (κ1) is 15.9. The minimum atomic E-state index is -0.448. The van der Waals surface area contributed by atoms with Crippen molar-refractivity contribution in [2.45, 2.75) is 19.4 Å². The minimum absolute atomic E-state index is 0.123. The number of anilines is 2. The minimum Gasteiger partial charge on any atom is -0.377 e. The summed E-state index contributed by atoms with van der Waals surface area (Å²) in [6.45, 7) is 2.05. The second kappa shape index (κ2) is 7.40. The van der Waals surface area contributed by atoms with Crippen LogP contribution in [0, 0.1) is 6.92 Å². The monoisotopic (exact) mass is 281 g/mol. The van der Waals surface area contributed by atoms with Crippen LogP contribution in [0.15, 0.2) is 18.2 Å². The van der Waals surface area contributed by atoms with Gasteiger partial charge in [0.1, 0.15) is 0 Å². The number of aryl methyl sites for hydroxylation is 1. The van der Waals surface area contributed by atoms with Crippen LogP contribution in [-0.4, -0.2) is 38.1 Å². The average molecular weight is 281 g/mol. The average Bonchev–Trinajstić information content (AvgIpc) is 2.37. The lowest BCUT2D eigenvalue weighted by molar-refractivity contribution is -0.117. The van der Waals surface area contributed by atoms with Crippen molar-refractivity contribution in [3.63, 3.8) is 0 Å². The van der Waals surface area contributed by atoms with E-state index in [0.717, 1.165) is 17.1 Å². The molecule has 0 saturated heterocycles. The molecule has 0 aliphatic rings. The van der Waals surface area contributed by atoms with Crippen molar-refractivity contribution in [1.82, 2.24) is 0 Å². The SMILES string of the molecule is CSCC[C@H](N)C(=O)Nc1ccc(C)c(N(C)C)c1. The molecule has 1 atom stereocenters. The summed E-state index contributed by atoms with van der Waals surface area (Å²) in [6.07, 6.45) is 2.70. The summed E-state index contributed by atoms with van der Waals surface area (Å²) < 4.78 is 0. The van der Waals surface area contributed by atoms with E-state index >= 15 is 0 Å². The number of carbonyl (C=O) groups excluding carboxylic acids is 1. The van der Waals surface area contributed by atoms with Gasteiger partial charge >= 0.3 is 0 Å². The molecule has 0 bridgehead atoms. The topological polar surface area (TPSA) is 58.4 Å². The fraction of sp³-hybridized carbons (Fsp3) is 0.500. The number of rotatable bonds is 6. The van der Waals surface area contributed by atoms with Crippen molar-refractivity contribution in [1.29, 1.82) is 0 Å². The van der Waals surface area contributed by atoms with Crippen LogP contribution in [0.2, 0.25) is 0 Å². The second-order valence-electron chi connectivity index (χ2n) is 4.77. The largest absolute Gasteiger partial charge is 0.377 e. The molecule has 0 aromatic heterocycles. The number of nitrogens with zero attached hydrogens (tertiary/aromatic N) is 1. The Morgan fingerprint density at radius 1 is 1.47 bits per heavy atom. The first-order valence-corrected chi connectivity index (χ1v) is 7.68. The number of nitrogens with two attached hydrogens (primary N) is 1. The molecular formula is C14H23N3OS. The third kappa shape index (κ3) is 4.76. The molecule has 0 fully saturated rings. The maximum atomic E-state index is 11.9. The predicted molar refractivity (Wildman–Crippen MR) is 85.1 cm³/mol. The number of thioether (sulfide) groups is 1. The molecule has 0 spiro atoms. The van der Waals surface area contributed by atoms with Gasteiger partial charge in [-0.15, -0.1) is 0 Å². The lowest BCUT2D eigenvalue weighted by Crippen LogP contribution is -2.36. The number of hydrogen-bond acceptors (Lipinski definition) is 4. The lowest BCUT2D eigenvalue weighted by atomic mass is 10.1. The fourth-order valence-electron chi connectivity index (χ4n) is 1.78. The molecule has 0 saturated carbocycles. The zero-order valence-corrected chi connectivity index (χ0v) is 12.9. The molecule has 1 aromatic rings. The highest BCUT2D eigenvalue weighted by atomic mass is 32.2. The van der Waals surface area contributed by atoms with Gasteiger partial charge < -0.3 is 16.0 Å². The van der Waals surface area contributed by atoms with Crippen LogP contribution < -0.4 is 16.0 Å². The molecule has 5 heteroatoms. The van der Waals surface area contributed by atoms with Crippen LogP contribution in [0.3, 0.4) is 0 Å². The Labute approximate surface area is 119 Å². The van der Waals surface area contributed by atoms with Gasteiger partial charge in [-0.3, -0.25) is 4.79 Å². The highest BCUT2D eigenvalue weighted by Gasteiger charge is 2.13. The van der Waals surface area contributed by atoms with E-state index in [1.165, 1.54) is 5.56 Å². The molecule has 106 valence electrons. The standard InChI is InChI=1S/C14H23N3OS/c1-10-5-6-11(9-13(10)17(2)3)16-14(18)12(15)7-8-19-4/h5-6,9,12H,7-8,15H2,1-4H3,(H,16,18)/t12-/m0/s1. The molecule has 0 radical (unpaired) electrons. The highest BCUT2D eigenvalue weighted by molar-refractivity contribution is 7.98. The van der Waals surface area contributed by atoms with E-state index < -0.39 is 6.04 Å². The highest BCUT2D eigenvalue weighted by Crippen LogP contribution is 2.22. The molecule has 0 heterocycles. The van der Waals surface area contributed by atoms with E-state index in [4.69, 9.17) is 5.73 Å². The van der Waals surface area contributed by atoms with Crippen LogP contribution in [0.1, 0.15) is 12.0 Å². The molecule has 0 unspecified atom stereocenters. The Bertz CT molecular complexity index is 435. The van der Waals surface area contributed by atoms with Crippen molar-refractivity contribution in [2.24, 2.45) is 5.73 Å². The third-order valence-electron chi connectivity index (χ3n) is 2.93. The molecule has 1 aromatic carbocycles. The van der Waals surface area contributed by atoms with Crippen molar-refractivity contribution in [3.8, 4) is 0 Å². The second-order valence-corrected chi connectivity index (χ2v) is 5.76. The molecule has 1 rings (SSSR count). The Morgan fingerprint density at radius 3 is 2.74 bits per heavy atom. The normalized spacial score (nSPS) is 12.1. The number of nitrogens with one attached hydrogen (secondary N) is 1. The van der Waals surface area contributed by atoms with E-state index in [2.05, 4.69) is 5.32 Å². The Balaban J connectivity index is 2.71. The maximum absolute atomic E-state index is 11.9. The first-order valence-electron chi connectivity index (χ1n) is 6.29. The van der Waals surface area contributed by atoms with E-state index in [0.29, 0.717) is 6.42 Å². The molecule has 3 N–H and O–H groups in total. The summed E-state index contributed by atoms with van der Waals surface area (Å²) in [4.78, 5) is 14.0. The Morgan fingerprint density at radius 2 is 2.16 bits per heavy atom. The van der Waals surface area contributed by atoms with Crippen LogP contribution >= 0.6 is 11.8 Å². The summed E-state index contributed by atoms with van der Waals surface area (Å²) in [5.74, 6) is 0.772. The zero-order chi connectivity index (χ0) is 14.4. The Hall–Kier alpha value is -1.20. The molecule has 0 aliphatic carbocycles. The van der Waals surface area contributed by atoms with Crippen LogP contribution in [-0.2, 0) is 4.79 Å². The molecule has 1 amide bonds. The van der Waals surface area contributed by atoms with Gasteiger partial charge in [-0.25, -0.2) is 0 Å². The predicted octanol–water partition coefficient (Wildman–Crippen LogP) is 2.08. The van der Waals surface area contributed by atoms with E-state index in [9.17, 15) is 4.79 Å². The Kier molecular flexibility index (Phi) is 6.18. The molecule has 0 aliphatic heterocycles. The summed E-state index contributed by atoms with van der Waals surface area (Å²) in [5, 5.41) is 2.87. The van der Waals surface area contributed by atoms with Gasteiger partial charge in [-0.05, 0) is 43.0 Å². The van der Waals surface area contributed by atoms with Crippen LogP contribution in [0.5, 0.6) is 0 Å². The zero-order valence-electron chi connectivity index (χ0n) is 12.1. The van der Waals surface area contributed by atoms with Crippen LogP contribution in [0.4, 0.5) is 11.4 Å². The van der Waals surface area contributed by atoms with Crippen molar-refractivity contribution in [3.05, 3.63) is 23.8 Å². The quantitative estimate of drug-likeness (QED) is 0.838. The van der Waals surface area contributed by atoms with Gasteiger partial charge in [0.15, 0.2) is 0 Å². The number of carbonyl (C=O) groups is 1. The third-order valence-corrected chi connectivity index (χ3v) is 3.57. The smallest absolute Gasteiger partial charge is 0.241 e. The summed E-state index contributed by atoms with van der Waals surface area (Å²) >= 11 is 1.70. The van der Waals surface area contributed by atoms with Gasteiger partial charge in [0.05, 0.1) is 6.04 Å². The summed E-state index contributed by atoms with van der Waals surface area (Å²) in [7, 11) is 3.97. The molecule has 19 heavy (non-hydrogen) atoms. The number of hydrogen-bond donors (Lipinski definition) is 2. The van der Waals surface area contributed by atoms with E-state index in [1.807, 2.05) is 50.4 Å². The van der Waals surface area contributed by atoms with E-state index in [1.54, 1.807) is 11.8 Å². The molecular weight excluding hydrogens is 258 g/mol. The first-order chi connectivity index (χ1) is 8.95. The van der Waals surface area contributed by atoms with Gasteiger partial charge in [0.25, 0.3) is 0 Å². The van der Waals surface area contributed by atoms with Crippen molar-refractivity contribution >= 4 is 29.0 Å². The van der Waals surface area contributed by atoms with Crippen molar-refractivity contribution in [2.75, 3.05) is 36.3 Å². The maximum Gasteiger partial charge on any atom is 0.241 e. The van der Waals surface area contributed by atoms with Crippen LogP contribution in [0.25, 0.3) is 0 Å². The fourth-order valence-corrected chi connectivity index (χ4v) is 2.27. The summed E-state index contributed by atoms with van der Waals surface area (Å²) in [5.41, 5.74) is 8.90. The van der Waals surface area contributed by atoms with Gasteiger partial charge in [-0.2, -0.15) is 11.8 Å². The number of amides is 1. The van der Waals surface area contributed by atoms with E-state index in [-0.39, 0.29) is 5.91 Å².